The van der Waals surface area contributed by atoms with Gasteiger partial charge in [-0.1, -0.05) is 103 Å². The summed E-state index contributed by atoms with van der Waals surface area (Å²) in [7, 11) is 0. The molecule has 0 spiro atoms. The molecule has 0 bridgehead atoms. The van der Waals surface area contributed by atoms with E-state index in [0.717, 1.165) is 44.5 Å². The summed E-state index contributed by atoms with van der Waals surface area (Å²) in [5, 5.41) is 1.65. The van der Waals surface area contributed by atoms with Crippen molar-refractivity contribution < 1.29 is 4.42 Å². The van der Waals surface area contributed by atoms with Crippen LogP contribution >= 0.6 is 11.6 Å². The van der Waals surface area contributed by atoms with Gasteiger partial charge in [-0.25, -0.2) is 15.0 Å². The van der Waals surface area contributed by atoms with E-state index in [0.29, 0.717) is 28.1 Å². The molecule has 0 unspecified atom stereocenters. The first-order valence-corrected chi connectivity index (χ1v) is 13.0. The summed E-state index contributed by atoms with van der Waals surface area (Å²) in [5.41, 5.74) is 6.27. The summed E-state index contributed by atoms with van der Waals surface area (Å²) in [4.78, 5) is 14.8. The number of halogens is 1. The van der Waals surface area contributed by atoms with Crippen LogP contribution in [0.3, 0.4) is 0 Å². The standard InChI is InChI=1S/C34H24ClN3O/c1-3-11-30-27(4-2)28-18-10-19-29(31(28)39-30)34-37-32(22-12-6-5-7-13-22)36-33(38-34)25-16-8-14-23(20-25)24-15-9-17-26(35)21-24/h3-21H,2H2,1H3/b11-3-. The monoisotopic (exact) mass is 525 g/mol. The Morgan fingerprint density at radius 2 is 1.33 bits per heavy atom. The molecule has 0 atom stereocenters. The second-order valence-corrected chi connectivity index (χ2v) is 9.47. The second kappa shape index (κ2) is 10.5. The molecule has 6 aromatic rings. The number of aromatic nitrogens is 3. The largest absolute Gasteiger partial charge is 0.455 e. The highest BCUT2D eigenvalue weighted by Crippen LogP contribution is 2.36. The third kappa shape index (κ3) is 4.78. The van der Waals surface area contributed by atoms with E-state index in [-0.39, 0.29) is 0 Å². The third-order valence-electron chi connectivity index (χ3n) is 6.49. The fraction of sp³-hybridized carbons (Fsp3) is 0.0294. The molecule has 4 nitrogen and oxygen atoms in total. The number of nitrogens with zero attached hydrogens (tertiary/aromatic N) is 3. The van der Waals surface area contributed by atoms with Gasteiger partial charge in [0.05, 0.1) is 5.56 Å². The van der Waals surface area contributed by atoms with Crippen LogP contribution in [-0.4, -0.2) is 15.0 Å². The van der Waals surface area contributed by atoms with E-state index in [1.165, 1.54) is 0 Å². The summed E-state index contributed by atoms with van der Waals surface area (Å²) < 4.78 is 6.32. The Morgan fingerprint density at radius 3 is 2.08 bits per heavy atom. The van der Waals surface area contributed by atoms with E-state index in [1.807, 2.05) is 110 Å². The van der Waals surface area contributed by atoms with Gasteiger partial charge in [0.2, 0.25) is 0 Å². The maximum Gasteiger partial charge on any atom is 0.167 e. The van der Waals surface area contributed by atoms with Gasteiger partial charge in [-0.05, 0) is 48.4 Å². The van der Waals surface area contributed by atoms with Crippen molar-refractivity contribution in [2.75, 3.05) is 0 Å². The van der Waals surface area contributed by atoms with Gasteiger partial charge in [0, 0.05) is 27.1 Å². The molecule has 4 aromatic carbocycles. The van der Waals surface area contributed by atoms with Gasteiger partial charge in [0.1, 0.15) is 11.3 Å². The SMILES string of the molecule is C=Cc1c(/C=C\C)oc2c(-c3nc(-c4ccccc4)nc(-c4cccc(-c5cccc(Cl)c5)c4)n3)cccc12. The van der Waals surface area contributed by atoms with Crippen LogP contribution < -0.4 is 0 Å². The van der Waals surface area contributed by atoms with Crippen molar-refractivity contribution in [3.05, 3.63) is 126 Å². The zero-order valence-corrected chi connectivity index (χ0v) is 22.1. The normalized spacial score (nSPS) is 11.3. The molecule has 0 N–H and O–H groups in total. The lowest BCUT2D eigenvalue weighted by atomic mass is 10.0. The molecule has 39 heavy (non-hydrogen) atoms. The Hall–Kier alpha value is -4.80. The van der Waals surface area contributed by atoms with E-state index >= 15 is 0 Å². The maximum atomic E-state index is 6.32. The predicted molar refractivity (Wildman–Crippen MR) is 161 cm³/mol. The minimum Gasteiger partial charge on any atom is -0.455 e. The molecule has 0 saturated carbocycles. The fourth-order valence-corrected chi connectivity index (χ4v) is 4.86. The van der Waals surface area contributed by atoms with E-state index in [1.54, 1.807) is 0 Å². The average molecular weight is 526 g/mol. The predicted octanol–water partition coefficient (Wildman–Crippen LogP) is 9.62. The van der Waals surface area contributed by atoms with Crippen molar-refractivity contribution in [3.8, 4) is 45.3 Å². The number of allylic oxidation sites excluding steroid dienone is 1. The Bertz CT molecular complexity index is 1850. The summed E-state index contributed by atoms with van der Waals surface area (Å²) in [6.07, 6.45) is 5.71. The van der Waals surface area contributed by atoms with Gasteiger partial charge in [-0.2, -0.15) is 0 Å². The number of furan rings is 1. The molecule has 0 aliphatic heterocycles. The van der Waals surface area contributed by atoms with Crippen LogP contribution in [0, 0.1) is 0 Å². The second-order valence-electron chi connectivity index (χ2n) is 9.03. The lowest BCUT2D eigenvalue weighted by Gasteiger charge is -2.10. The zero-order valence-electron chi connectivity index (χ0n) is 21.3. The highest BCUT2D eigenvalue weighted by Gasteiger charge is 2.18. The van der Waals surface area contributed by atoms with Crippen LogP contribution in [-0.2, 0) is 0 Å². The van der Waals surface area contributed by atoms with Crippen molar-refractivity contribution in [2.45, 2.75) is 6.92 Å². The van der Waals surface area contributed by atoms with Gasteiger partial charge in [-0.3, -0.25) is 0 Å². The van der Waals surface area contributed by atoms with Gasteiger partial charge < -0.3 is 4.42 Å². The zero-order chi connectivity index (χ0) is 26.8. The average Bonchev–Trinajstić information content (AvgIpc) is 3.35. The van der Waals surface area contributed by atoms with Crippen molar-refractivity contribution in [3.63, 3.8) is 0 Å². The minimum atomic E-state index is 0.536. The molecule has 0 aliphatic carbocycles. The molecule has 188 valence electrons. The summed E-state index contributed by atoms with van der Waals surface area (Å²) >= 11 is 6.27. The number of hydrogen-bond donors (Lipinski definition) is 0. The van der Waals surface area contributed by atoms with Crippen molar-refractivity contribution in [1.29, 1.82) is 0 Å². The van der Waals surface area contributed by atoms with E-state index in [4.69, 9.17) is 31.0 Å². The molecule has 0 amide bonds. The Balaban J connectivity index is 1.57. The first kappa shape index (κ1) is 24.5. The molecule has 5 heteroatoms. The number of fused-ring (bicyclic) bond motifs is 1. The molecular formula is C34H24ClN3O. The van der Waals surface area contributed by atoms with Crippen molar-refractivity contribution in [2.24, 2.45) is 0 Å². The van der Waals surface area contributed by atoms with Crippen LogP contribution in [0.4, 0.5) is 0 Å². The smallest absolute Gasteiger partial charge is 0.167 e. The number of benzene rings is 4. The van der Waals surface area contributed by atoms with Crippen molar-refractivity contribution >= 4 is 34.7 Å². The lowest BCUT2D eigenvalue weighted by molar-refractivity contribution is 0.604. The quantitative estimate of drug-likeness (QED) is 0.217. The lowest BCUT2D eigenvalue weighted by Crippen LogP contribution is -2.00. The van der Waals surface area contributed by atoms with E-state index in [9.17, 15) is 0 Å². The third-order valence-corrected chi connectivity index (χ3v) is 6.73. The van der Waals surface area contributed by atoms with Crippen LogP contribution in [0.2, 0.25) is 5.02 Å². The number of rotatable bonds is 6. The van der Waals surface area contributed by atoms with Gasteiger partial charge in [-0.15, -0.1) is 0 Å². The Labute approximate surface area is 232 Å². The van der Waals surface area contributed by atoms with Gasteiger partial charge >= 0.3 is 0 Å². The summed E-state index contributed by atoms with van der Waals surface area (Å²) in [5.74, 6) is 2.45. The molecule has 2 aromatic heterocycles. The highest BCUT2D eigenvalue weighted by molar-refractivity contribution is 6.30. The molecule has 0 radical (unpaired) electrons. The molecule has 2 heterocycles. The van der Waals surface area contributed by atoms with Crippen LogP contribution in [0.15, 0.2) is 114 Å². The van der Waals surface area contributed by atoms with Gasteiger partial charge in [0.15, 0.2) is 17.5 Å². The number of hydrogen-bond acceptors (Lipinski definition) is 4. The molecule has 6 rings (SSSR count). The van der Waals surface area contributed by atoms with E-state index in [2.05, 4.69) is 18.7 Å². The minimum absolute atomic E-state index is 0.536. The fourth-order valence-electron chi connectivity index (χ4n) is 4.67. The number of para-hydroxylation sites is 1. The Kier molecular flexibility index (Phi) is 6.62. The summed E-state index contributed by atoms with van der Waals surface area (Å²) in [6, 6.07) is 31.9. The van der Waals surface area contributed by atoms with Crippen LogP contribution in [0.1, 0.15) is 18.2 Å². The first-order valence-electron chi connectivity index (χ1n) is 12.6. The maximum absolute atomic E-state index is 6.32. The molecule has 0 fully saturated rings. The van der Waals surface area contributed by atoms with Crippen LogP contribution in [0.25, 0.3) is 68.4 Å². The Morgan fingerprint density at radius 1 is 0.692 bits per heavy atom. The topological polar surface area (TPSA) is 51.8 Å². The highest BCUT2D eigenvalue weighted by atomic mass is 35.5. The first-order chi connectivity index (χ1) is 19.1. The molecule has 0 saturated heterocycles. The van der Waals surface area contributed by atoms with Gasteiger partial charge in [0.25, 0.3) is 0 Å². The molecule has 0 aliphatic rings. The van der Waals surface area contributed by atoms with Crippen molar-refractivity contribution in [1.82, 2.24) is 15.0 Å². The summed E-state index contributed by atoms with van der Waals surface area (Å²) in [6.45, 7) is 5.96. The van der Waals surface area contributed by atoms with E-state index < -0.39 is 0 Å². The van der Waals surface area contributed by atoms with Crippen LogP contribution in [0.5, 0.6) is 0 Å². The molecular weight excluding hydrogens is 502 g/mol.